The summed E-state index contributed by atoms with van der Waals surface area (Å²) in [5.74, 6) is 1.15. The summed E-state index contributed by atoms with van der Waals surface area (Å²) >= 11 is 1.57. The molecule has 0 unspecified atom stereocenters. The van der Waals surface area contributed by atoms with E-state index in [4.69, 9.17) is 0 Å². The quantitative estimate of drug-likeness (QED) is 0.413. The summed E-state index contributed by atoms with van der Waals surface area (Å²) in [5.41, 5.74) is 1.45. The Bertz CT molecular complexity index is 1130. The predicted molar refractivity (Wildman–Crippen MR) is 104 cm³/mol. The molecule has 9 heteroatoms. The molecule has 3 aromatic heterocycles. The van der Waals surface area contributed by atoms with Crippen LogP contribution >= 0.6 is 11.3 Å². The van der Waals surface area contributed by atoms with Gasteiger partial charge in [0.15, 0.2) is 5.82 Å². The molecule has 27 heavy (non-hydrogen) atoms. The van der Waals surface area contributed by atoms with Crippen LogP contribution < -0.4 is 5.32 Å². The average molecular weight is 378 g/mol. The van der Waals surface area contributed by atoms with Crippen LogP contribution in [0.5, 0.6) is 0 Å². The van der Waals surface area contributed by atoms with E-state index in [2.05, 4.69) is 25.3 Å². The molecule has 1 aromatic carbocycles. The van der Waals surface area contributed by atoms with E-state index in [0.29, 0.717) is 23.9 Å². The van der Waals surface area contributed by atoms with E-state index in [1.807, 2.05) is 19.1 Å². The van der Waals surface area contributed by atoms with Crippen LogP contribution in [0.15, 0.2) is 48.9 Å². The predicted octanol–water partition coefficient (Wildman–Crippen LogP) is 3.98. The van der Waals surface area contributed by atoms with Crippen molar-refractivity contribution in [2.24, 2.45) is 0 Å². The first-order chi connectivity index (χ1) is 13.1. The fourth-order valence-electron chi connectivity index (χ4n) is 2.67. The minimum Gasteiger partial charge on any atom is -0.365 e. The number of benzene rings is 1. The van der Waals surface area contributed by atoms with E-state index in [1.165, 1.54) is 6.07 Å². The van der Waals surface area contributed by atoms with Gasteiger partial charge in [0.2, 0.25) is 0 Å². The Morgan fingerprint density at radius 3 is 2.89 bits per heavy atom. The van der Waals surface area contributed by atoms with Crippen LogP contribution in [0, 0.1) is 17.0 Å². The largest absolute Gasteiger partial charge is 0.365 e. The van der Waals surface area contributed by atoms with Gasteiger partial charge in [-0.1, -0.05) is 12.1 Å². The zero-order chi connectivity index (χ0) is 18.8. The number of nitro groups is 1. The summed E-state index contributed by atoms with van der Waals surface area (Å²) in [6.07, 6.45) is 4.81. The summed E-state index contributed by atoms with van der Waals surface area (Å²) in [4.78, 5) is 30.1. The van der Waals surface area contributed by atoms with Gasteiger partial charge >= 0.3 is 0 Å². The molecule has 0 amide bonds. The maximum Gasteiger partial charge on any atom is 0.269 e. The number of hydrogen-bond acceptors (Lipinski definition) is 8. The van der Waals surface area contributed by atoms with Crippen molar-refractivity contribution >= 4 is 33.1 Å². The second-order valence-corrected chi connectivity index (χ2v) is 7.08. The van der Waals surface area contributed by atoms with Gasteiger partial charge in [-0.2, -0.15) is 0 Å². The van der Waals surface area contributed by atoms with Crippen LogP contribution in [0.3, 0.4) is 0 Å². The van der Waals surface area contributed by atoms with Crippen molar-refractivity contribution in [3.63, 3.8) is 0 Å². The third-order valence-corrected chi connectivity index (χ3v) is 4.83. The van der Waals surface area contributed by atoms with Gasteiger partial charge in [0.1, 0.15) is 16.3 Å². The third-order valence-electron chi connectivity index (χ3n) is 3.89. The maximum absolute atomic E-state index is 11.0. The molecule has 0 saturated carbocycles. The topological polar surface area (TPSA) is 107 Å². The van der Waals surface area contributed by atoms with E-state index in [9.17, 15) is 10.1 Å². The Morgan fingerprint density at radius 1 is 1.22 bits per heavy atom. The van der Waals surface area contributed by atoms with Gasteiger partial charge in [-0.05, 0) is 18.6 Å². The fraction of sp³-hybridized carbons (Fsp3) is 0.111. The number of anilines is 1. The highest BCUT2D eigenvalue weighted by Gasteiger charge is 2.13. The van der Waals surface area contributed by atoms with Crippen molar-refractivity contribution in [3.05, 3.63) is 69.5 Å². The zero-order valence-electron chi connectivity index (χ0n) is 14.3. The minimum absolute atomic E-state index is 0.0637. The van der Waals surface area contributed by atoms with Crippen LogP contribution in [0.2, 0.25) is 0 Å². The molecule has 4 aromatic rings. The van der Waals surface area contributed by atoms with Gasteiger partial charge in [-0.3, -0.25) is 15.1 Å². The van der Waals surface area contributed by atoms with Gasteiger partial charge in [-0.15, -0.1) is 11.3 Å². The monoisotopic (exact) mass is 378 g/mol. The van der Waals surface area contributed by atoms with Gasteiger partial charge in [0.25, 0.3) is 5.69 Å². The third kappa shape index (κ3) is 3.58. The van der Waals surface area contributed by atoms with E-state index in [-0.39, 0.29) is 5.69 Å². The first-order valence-electron chi connectivity index (χ1n) is 8.12. The summed E-state index contributed by atoms with van der Waals surface area (Å²) < 4.78 is 0. The second kappa shape index (κ2) is 7.04. The van der Waals surface area contributed by atoms with Crippen molar-refractivity contribution < 1.29 is 4.92 Å². The van der Waals surface area contributed by atoms with Crippen LogP contribution in [0.25, 0.3) is 21.7 Å². The number of aromatic nitrogens is 4. The Hall–Kier alpha value is -3.46. The molecule has 134 valence electrons. The maximum atomic E-state index is 11.0. The molecule has 1 N–H and O–H groups in total. The lowest BCUT2D eigenvalue weighted by Gasteiger charge is -2.09. The Morgan fingerprint density at radius 2 is 2.11 bits per heavy atom. The van der Waals surface area contributed by atoms with Gasteiger partial charge in [0.05, 0.1) is 16.5 Å². The van der Waals surface area contributed by atoms with Crippen LogP contribution in [0.4, 0.5) is 11.5 Å². The van der Waals surface area contributed by atoms with Crippen molar-refractivity contribution in [1.29, 1.82) is 0 Å². The van der Waals surface area contributed by atoms with Crippen LogP contribution in [0.1, 0.15) is 10.4 Å². The smallest absolute Gasteiger partial charge is 0.269 e. The number of thiophene rings is 1. The van der Waals surface area contributed by atoms with E-state index < -0.39 is 4.92 Å². The summed E-state index contributed by atoms with van der Waals surface area (Å²) in [6, 6.07) is 8.55. The van der Waals surface area contributed by atoms with Crippen molar-refractivity contribution in [3.8, 4) is 11.5 Å². The Balaban J connectivity index is 1.70. The van der Waals surface area contributed by atoms with Crippen molar-refractivity contribution in [2.75, 3.05) is 5.32 Å². The normalized spacial score (nSPS) is 10.9. The molecule has 0 aliphatic rings. The molecule has 3 heterocycles. The van der Waals surface area contributed by atoms with Crippen LogP contribution in [-0.2, 0) is 6.54 Å². The lowest BCUT2D eigenvalue weighted by molar-refractivity contribution is -0.384. The Kier molecular flexibility index (Phi) is 4.43. The molecule has 4 rings (SSSR count). The molecular weight excluding hydrogens is 364 g/mol. The number of rotatable bonds is 5. The molecule has 0 atom stereocenters. The highest BCUT2D eigenvalue weighted by molar-refractivity contribution is 7.18. The number of nitrogens with zero attached hydrogens (tertiary/aromatic N) is 5. The van der Waals surface area contributed by atoms with Gasteiger partial charge < -0.3 is 5.32 Å². The molecule has 0 bridgehead atoms. The zero-order valence-corrected chi connectivity index (χ0v) is 15.1. The molecule has 0 aliphatic heterocycles. The Labute approximate surface area is 158 Å². The number of fused-ring (bicyclic) bond motifs is 1. The number of nitrogens with one attached hydrogen (secondary N) is 1. The molecular formula is C18H14N6O2S. The molecule has 0 saturated heterocycles. The second-order valence-electron chi connectivity index (χ2n) is 5.84. The molecule has 8 nitrogen and oxygen atoms in total. The summed E-state index contributed by atoms with van der Waals surface area (Å²) in [5, 5.41) is 15.2. The lowest BCUT2D eigenvalue weighted by atomic mass is 10.2. The lowest BCUT2D eigenvalue weighted by Crippen LogP contribution is -2.04. The minimum atomic E-state index is -0.402. The highest BCUT2D eigenvalue weighted by atomic mass is 32.1. The first kappa shape index (κ1) is 17.0. The molecule has 0 fully saturated rings. The van der Waals surface area contributed by atoms with E-state index >= 15 is 0 Å². The number of hydrogen-bond donors (Lipinski definition) is 1. The van der Waals surface area contributed by atoms with E-state index in [0.717, 1.165) is 20.7 Å². The van der Waals surface area contributed by atoms with Gasteiger partial charge in [-0.25, -0.2) is 15.0 Å². The summed E-state index contributed by atoms with van der Waals surface area (Å²) in [7, 11) is 0. The number of aryl methyl sites for hydroxylation is 1. The van der Waals surface area contributed by atoms with Crippen LogP contribution in [-0.4, -0.2) is 24.9 Å². The average Bonchev–Trinajstić information content (AvgIpc) is 3.07. The van der Waals surface area contributed by atoms with Crippen molar-refractivity contribution in [2.45, 2.75) is 13.5 Å². The highest BCUT2D eigenvalue weighted by Crippen LogP contribution is 2.30. The fourth-order valence-corrected chi connectivity index (χ4v) is 3.55. The standard InChI is InChI=1S/C18H14N6O2S/c1-11-7-14-16(21-9-12-3-2-4-13(8-12)24(25)26)22-17(23-18(14)27-11)15-10-19-5-6-20-15/h2-8,10H,9H2,1H3,(H,21,22,23). The first-order valence-corrected chi connectivity index (χ1v) is 8.93. The molecule has 0 spiro atoms. The van der Waals surface area contributed by atoms with Gasteiger partial charge in [0, 0.05) is 35.9 Å². The SMILES string of the molecule is Cc1cc2c(NCc3cccc([N+](=O)[O-])c3)nc(-c3cnccn3)nc2s1. The molecule has 0 aliphatic carbocycles. The summed E-state index contributed by atoms with van der Waals surface area (Å²) in [6.45, 7) is 2.42. The molecule has 0 radical (unpaired) electrons. The van der Waals surface area contributed by atoms with Crippen molar-refractivity contribution in [1.82, 2.24) is 19.9 Å². The number of non-ortho nitro benzene ring substituents is 1. The number of nitro benzene ring substituents is 1. The van der Waals surface area contributed by atoms with E-state index in [1.54, 1.807) is 42.1 Å².